The first kappa shape index (κ1) is 15.0. The van der Waals surface area contributed by atoms with Gasteiger partial charge < -0.3 is 0 Å². The molecule has 0 aromatic carbocycles. The zero-order valence-electron chi connectivity index (χ0n) is 9.78. The van der Waals surface area contributed by atoms with Gasteiger partial charge in [0.15, 0.2) is 0 Å². The van der Waals surface area contributed by atoms with Crippen molar-refractivity contribution in [2.75, 3.05) is 16.3 Å². The Bertz CT molecular complexity index is 703. The van der Waals surface area contributed by atoms with Crippen molar-refractivity contribution in [1.82, 2.24) is 4.68 Å². The zero-order valence-corrected chi connectivity index (χ0v) is 12.2. The van der Waals surface area contributed by atoms with Crippen LogP contribution >= 0.6 is 11.6 Å². The molecule has 0 unspecified atom stereocenters. The Balaban J connectivity index is 3.77. The van der Waals surface area contributed by atoms with E-state index in [1.165, 1.54) is 13.0 Å². The molecule has 0 spiro atoms. The number of aromatic nitrogens is 1. The van der Waals surface area contributed by atoms with Gasteiger partial charge in [-0.25, -0.2) is 16.8 Å². The van der Waals surface area contributed by atoms with Gasteiger partial charge in [-0.2, -0.15) is 4.68 Å². The van der Waals surface area contributed by atoms with Gasteiger partial charge in [-0.15, -0.1) is 0 Å². The highest BCUT2D eigenvalue weighted by molar-refractivity contribution is 8.09. The van der Waals surface area contributed by atoms with Gasteiger partial charge >= 0.3 is 0 Å². The summed E-state index contributed by atoms with van der Waals surface area (Å²) in [5.74, 6) is 0. The lowest BCUT2D eigenvalue weighted by molar-refractivity contribution is 0.572. The Labute approximate surface area is 110 Å². The van der Waals surface area contributed by atoms with Crippen LogP contribution in [0.25, 0.3) is 0 Å². The first-order valence-electron chi connectivity index (χ1n) is 4.54. The van der Waals surface area contributed by atoms with Crippen molar-refractivity contribution in [2.24, 2.45) is 0 Å². The number of sulfonamides is 2. The lowest BCUT2D eigenvalue weighted by Gasteiger charge is -2.21. The van der Waals surface area contributed by atoms with Crippen molar-refractivity contribution < 1.29 is 16.8 Å². The molecule has 0 aliphatic heterocycles. The zero-order chi connectivity index (χ0) is 14.3. The third-order valence-corrected chi connectivity index (χ3v) is 5.21. The van der Waals surface area contributed by atoms with Crippen molar-refractivity contribution in [3.63, 3.8) is 0 Å². The van der Waals surface area contributed by atoms with E-state index in [9.17, 15) is 21.6 Å². The van der Waals surface area contributed by atoms with Gasteiger partial charge in [-0.1, -0.05) is 15.4 Å². The Morgan fingerprint density at radius 2 is 1.61 bits per heavy atom. The summed E-state index contributed by atoms with van der Waals surface area (Å²) in [6.07, 6.45) is 2.28. The quantitative estimate of drug-likeness (QED) is 0.761. The molecule has 1 aromatic heterocycles. The summed E-state index contributed by atoms with van der Waals surface area (Å²) in [5, 5.41) is 0.0457. The van der Waals surface area contributed by atoms with E-state index in [4.69, 9.17) is 11.6 Å². The summed E-state index contributed by atoms with van der Waals surface area (Å²) in [6.45, 7) is 1.40. The van der Waals surface area contributed by atoms with E-state index in [-0.39, 0.29) is 14.4 Å². The molecule has 10 heteroatoms. The second-order valence-corrected chi connectivity index (χ2v) is 7.99. The Morgan fingerprint density at radius 1 is 1.17 bits per heavy atom. The van der Waals surface area contributed by atoms with Gasteiger partial charge in [0.05, 0.1) is 23.7 Å². The number of halogens is 1. The van der Waals surface area contributed by atoms with E-state index < -0.39 is 25.6 Å². The van der Waals surface area contributed by atoms with Crippen molar-refractivity contribution in [3.05, 3.63) is 33.2 Å². The van der Waals surface area contributed by atoms with Crippen LogP contribution in [0.4, 0.5) is 0 Å². The molecule has 1 heterocycles. The maximum absolute atomic E-state index is 11.8. The smallest absolute Gasteiger partial charge is 0.267 e. The first-order chi connectivity index (χ1) is 7.94. The number of rotatable bonds is 3. The third-order valence-electron chi connectivity index (χ3n) is 1.89. The highest BCUT2D eigenvalue weighted by atomic mass is 35.5. The molecule has 102 valence electrons. The molecule has 0 atom stereocenters. The van der Waals surface area contributed by atoms with Crippen LogP contribution in [0.5, 0.6) is 0 Å². The second-order valence-electron chi connectivity index (χ2n) is 3.69. The fraction of sp³-hybridized carbons (Fsp3) is 0.375. The van der Waals surface area contributed by atoms with E-state index in [1.54, 1.807) is 0 Å². The fourth-order valence-electron chi connectivity index (χ4n) is 1.35. The van der Waals surface area contributed by atoms with Gasteiger partial charge in [-0.3, -0.25) is 4.79 Å². The summed E-state index contributed by atoms with van der Waals surface area (Å²) in [7, 11) is -8.36. The molecule has 0 amide bonds. The molecule has 7 nitrogen and oxygen atoms in total. The van der Waals surface area contributed by atoms with Crippen molar-refractivity contribution in [3.8, 4) is 0 Å². The van der Waals surface area contributed by atoms with Gasteiger partial charge in [0.1, 0.15) is 0 Å². The molecular formula is C8H11ClN2O5S2. The van der Waals surface area contributed by atoms with Crippen LogP contribution in [0.3, 0.4) is 0 Å². The minimum Gasteiger partial charge on any atom is -0.267 e. The van der Waals surface area contributed by atoms with E-state index in [2.05, 4.69) is 0 Å². The molecule has 1 aromatic rings. The summed E-state index contributed by atoms with van der Waals surface area (Å²) in [6, 6.07) is 1.31. The molecule has 0 saturated heterocycles. The molecule has 0 fully saturated rings. The summed E-state index contributed by atoms with van der Waals surface area (Å²) < 4.78 is 46.5. The Hall–Kier alpha value is -1.06. The first-order valence-corrected chi connectivity index (χ1v) is 8.61. The predicted octanol–water partition coefficient (Wildman–Crippen LogP) is -0.333. The van der Waals surface area contributed by atoms with Crippen molar-refractivity contribution >= 4 is 31.6 Å². The van der Waals surface area contributed by atoms with E-state index in [1.807, 2.05) is 0 Å². The lowest BCUT2D eigenvalue weighted by Crippen LogP contribution is -2.49. The predicted molar refractivity (Wildman–Crippen MR) is 68.4 cm³/mol. The molecule has 0 aliphatic carbocycles. The molecule has 18 heavy (non-hydrogen) atoms. The number of aryl methyl sites for hydroxylation is 1. The summed E-state index contributed by atoms with van der Waals surface area (Å²) in [4.78, 5) is 11.8. The molecule has 0 radical (unpaired) electrons. The normalized spacial score (nSPS) is 12.4. The van der Waals surface area contributed by atoms with Crippen LogP contribution in [-0.2, 0) is 20.0 Å². The number of hydrogen-bond donors (Lipinski definition) is 0. The third kappa shape index (κ3) is 3.03. The highest BCUT2D eigenvalue weighted by Gasteiger charge is 2.28. The average Bonchev–Trinajstić information content (AvgIpc) is 2.08. The topological polar surface area (TPSA) is 93.5 Å². The minimum absolute atomic E-state index is 0.00120. The summed E-state index contributed by atoms with van der Waals surface area (Å²) >= 11 is 5.69. The lowest BCUT2D eigenvalue weighted by atomic mass is 10.3. The van der Waals surface area contributed by atoms with Crippen molar-refractivity contribution in [2.45, 2.75) is 6.92 Å². The van der Waals surface area contributed by atoms with Gasteiger partial charge in [0.2, 0.25) is 0 Å². The van der Waals surface area contributed by atoms with E-state index in [0.717, 1.165) is 6.20 Å². The summed E-state index contributed by atoms with van der Waals surface area (Å²) in [5.41, 5.74) is -0.657. The highest BCUT2D eigenvalue weighted by Crippen LogP contribution is 2.10. The van der Waals surface area contributed by atoms with Gasteiger partial charge in [0, 0.05) is 5.56 Å². The monoisotopic (exact) mass is 314 g/mol. The van der Waals surface area contributed by atoms with Crippen LogP contribution in [0, 0.1) is 6.92 Å². The van der Waals surface area contributed by atoms with E-state index in [0.29, 0.717) is 17.2 Å². The van der Waals surface area contributed by atoms with Gasteiger partial charge in [0.25, 0.3) is 25.6 Å². The maximum Gasteiger partial charge on any atom is 0.273 e. The molecule has 0 saturated carbocycles. The molecule has 0 bridgehead atoms. The minimum atomic E-state index is -4.18. The standard InChI is InChI=1S/C8H11ClN2O5S2/c1-6-4-7(9)5-10(8(6)12)11(17(2,13)14)18(3,15)16/h4-5H,1-3H3. The number of hydrogen-bond acceptors (Lipinski definition) is 5. The fourth-order valence-corrected chi connectivity index (χ4v) is 4.45. The molecule has 0 N–H and O–H groups in total. The SMILES string of the molecule is Cc1cc(Cl)cn(N(S(C)(=O)=O)S(C)(=O)=O)c1=O. The van der Waals surface area contributed by atoms with Crippen LogP contribution in [-0.4, -0.2) is 34.0 Å². The van der Waals surface area contributed by atoms with E-state index >= 15 is 0 Å². The Kier molecular flexibility index (Phi) is 3.80. The van der Waals surface area contributed by atoms with Gasteiger partial charge in [-0.05, 0) is 13.0 Å². The van der Waals surface area contributed by atoms with Crippen LogP contribution in [0.15, 0.2) is 17.1 Å². The number of pyridine rings is 1. The molecule has 1 rings (SSSR count). The largest absolute Gasteiger partial charge is 0.273 e. The second kappa shape index (κ2) is 4.56. The van der Waals surface area contributed by atoms with Crippen LogP contribution in [0.1, 0.15) is 5.56 Å². The maximum atomic E-state index is 11.8. The van der Waals surface area contributed by atoms with Crippen LogP contribution in [0.2, 0.25) is 5.02 Å². The molecule has 0 aliphatic rings. The Morgan fingerprint density at radius 3 is 2.00 bits per heavy atom. The van der Waals surface area contributed by atoms with Crippen LogP contribution < -0.4 is 9.38 Å². The molecular weight excluding hydrogens is 304 g/mol. The number of nitrogens with zero attached hydrogens (tertiary/aromatic N) is 2. The average molecular weight is 315 g/mol. The van der Waals surface area contributed by atoms with Crippen molar-refractivity contribution in [1.29, 1.82) is 0 Å².